The van der Waals surface area contributed by atoms with Gasteiger partial charge in [-0.1, -0.05) is 29.8 Å². The van der Waals surface area contributed by atoms with Gasteiger partial charge in [0.05, 0.1) is 11.1 Å². The van der Waals surface area contributed by atoms with Crippen molar-refractivity contribution in [1.29, 1.82) is 0 Å². The summed E-state index contributed by atoms with van der Waals surface area (Å²) in [6.45, 7) is 0. The lowest BCUT2D eigenvalue weighted by Gasteiger charge is -2.11. The maximum Gasteiger partial charge on any atom is 0.152 e. The number of furan rings is 1. The second kappa shape index (κ2) is 5.35. The zero-order chi connectivity index (χ0) is 13.2. The van der Waals surface area contributed by atoms with E-state index in [0.717, 1.165) is 17.6 Å². The molecule has 0 spiro atoms. The first-order valence-corrected chi connectivity index (χ1v) is 7.20. The normalized spacial score (nSPS) is 12.9. The van der Waals surface area contributed by atoms with Crippen molar-refractivity contribution in [3.05, 3.63) is 57.4 Å². The molecular weight excluding hydrogens is 280 g/mol. The van der Waals surface area contributed by atoms with Gasteiger partial charge in [-0.15, -0.1) is 11.3 Å². The quantitative estimate of drug-likeness (QED) is 0.566. The van der Waals surface area contributed by atoms with Crippen molar-refractivity contribution in [2.75, 3.05) is 0 Å². The lowest BCUT2D eigenvalue weighted by molar-refractivity contribution is 0.436. The summed E-state index contributed by atoms with van der Waals surface area (Å²) in [5.74, 6) is 6.45. The largest absolute Gasteiger partial charge is 0.458 e. The fraction of sp³-hybridized carbons (Fsp3) is 0.143. The number of benzene rings is 1. The molecule has 5 heteroatoms. The molecule has 1 atom stereocenters. The standard InChI is InChI=1S/C14H13ClN2OS/c15-11-5-1-3-9-7-13(18-14(9)11)12(17-16)8-10-4-2-6-19-10/h1-7,12,17H,8,16H2. The van der Waals surface area contributed by atoms with Crippen molar-refractivity contribution in [3.63, 3.8) is 0 Å². The fourth-order valence-electron chi connectivity index (χ4n) is 2.09. The van der Waals surface area contributed by atoms with E-state index in [2.05, 4.69) is 16.9 Å². The summed E-state index contributed by atoms with van der Waals surface area (Å²) >= 11 is 7.83. The van der Waals surface area contributed by atoms with Crippen LogP contribution in [0.3, 0.4) is 0 Å². The van der Waals surface area contributed by atoms with E-state index in [1.165, 1.54) is 4.88 Å². The van der Waals surface area contributed by atoms with E-state index in [4.69, 9.17) is 21.9 Å². The summed E-state index contributed by atoms with van der Waals surface area (Å²) in [5.41, 5.74) is 3.52. The minimum absolute atomic E-state index is 0.0536. The summed E-state index contributed by atoms with van der Waals surface area (Å²) in [4.78, 5) is 1.26. The fourth-order valence-corrected chi connectivity index (χ4v) is 3.06. The maximum atomic E-state index is 6.12. The van der Waals surface area contributed by atoms with Gasteiger partial charge in [-0.2, -0.15) is 0 Å². The van der Waals surface area contributed by atoms with Crippen molar-refractivity contribution in [1.82, 2.24) is 5.43 Å². The van der Waals surface area contributed by atoms with Crippen molar-refractivity contribution in [2.45, 2.75) is 12.5 Å². The van der Waals surface area contributed by atoms with Crippen LogP contribution in [0.4, 0.5) is 0 Å². The number of para-hydroxylation sites is 1. The van der Waals surface area contributed by atoms with Crippen LogP contribution in [0, 0.1) is 0 Å². The number of thiophene rings is 1. The van der Waals surface area contributed by atoms with E-state index in [-0.39, 0.29) is 6.04 Å². The van der Waals surface area contributed by atoms with Crippen molar-refractivity contribution in [3.8, 4) is 0 Å². The van der Waals surface area contributed by atoms with Gasteiger partial charge in [0.15, 0.2) is 5.58 Å². The number of hydrogen-bond donors (Lipinski definition) is 2. The molecule has 0 saturated heterocycles. The predicted molar refractivity (Wildman–Crippen MR) is 79.3 cm³/mol. The summed E-state index contributed by atoms with van der Waals surface area (Å²) in [5, 5.41) is 3.67. The van der Waals surface area contributed by atoms with Gasteiger partial charge < -0.3 is 4.42 Å². The molecule has 19 heavy (non-hydrogen) atoms. The Morgan fingerprint density at radius 3 is 2.89 bits per heavy atom. The zero-order valence-electron chi connectivity index (χ0n) is 10.1. The van der Waals surface area contributed by atoms with Gasteiger partial charge in [-0.05, 0) is 23.6 Å². The van der Waals surface area contributed by atoms with Crippen LogP contribution in [0.2, 0.25) is 5.02 Å². The molecule has 1 aromatic carbocycles. The average Bonchev–Trinajstić information content (AvgIpc) is 3.05. The Labute approximate surface area is 119 Å². The lowest BCUT2D eigenvalue weighted by atomic mass is 10.1. The zero-order valence-corrected chi connectivity index (χ0v) is 11.7. The van der Waals surface area contributed by atoms with E-state index < -0.39 is 0 Å². The molecule has 3 nitrogen and oxygen atoms in total. The molecule has 0 amide bonds. The minimum atomic E-state index is -0.0536. The van der Waals surface area contributed by atoms with E-state index in [0.29, 0.717) is 10.6 Å². The molecule has 0 aliphatic heterocycles. The Hall–Kier alpha value is -1.33. The van der Waals surface area contributed by atoms with Crippen molar-refractivity contribution in [2.24, 2.45) is 5.84 Å². The Bertz CT molecular complexity index is 678. The molecule has 0 saturated carbocycles. The van der Waals surface area contributed by atoms with Crippen LogP contribution in [-0.2, 0) is 6.42 Å². The van der Waals surface area contributed by atoms with E-state index in [1.54, 1.807) is 11.3 Å². The second-order valence-electron chi connectivity index (χ2n) is 4.31. The van der Waals surface area contributed by atoms with E-state index >= 15 is 0 Å². The predicted octanol–water partition coefficient (Wildman–Crippen LogP) is 3.89. The molecule has 3 N–H and O–H groups in total. The molecule has 3 rings (SSSR count). The Morgan fingerprint density at radius 1 is 1.32 bits per heavy atom. The van der Waals surface area contributed by atoms with Crippen LogP contribution in [-0.4, -0.2) is 0 Å². The third-order valence-electron chi connectivity index (χ3n) is 3.05. The maximum absolute atomic E-state index is 6.12. The van der Waals surface area contributed by atoms with Crippen LogP contribution in [0.1, 0.15) is 16.7 Å². The van der Waals surface area contributed by atoms with E-state index in [9.17, 15) is 0 Å². The number of rotatable bonds is 4. The summed E-state index contributed by atoms with van der Waals surface area (Å²) in [6.07, 6.45) is 0.797. The Kier molecular flexibility index (Phi) is 3.57. The topological polar surface area (TPSA) is 51.2 Å². The first-order valence-electron chi connectivity index (χ1n) is 5.94. The Balaban J connectivity index is 1.95. The first-order chi connectivity index (χ1) is 9.28. The summed E-state index contributed by atoms with van der Waals surface area (Å²) in [6, 6.07) is 11.8. The molecule has 98 valence electrons. The smallest absolute Gasteiger partial charge is 0.152 e. The highest BCUT2D eigenvalue weighted by atomic mass is 35.5. The van der Waals surface area contributed by atoms with Crippen LogP contribution in [0.15, 0.2) is 46.2 Å². The molecule has 0 radical (unpaired) electrons. The molecule has 0 bridgehead atoms. The third-order valence-corrected chi connectivity index (χ3v) is 4.24. The monoisotopic (exact) mass is 292 g/mol. The van der Waals surface area contributed by atoms with Crippen LogP contribution >= 0.6 is 22.9 Å². The number of nitrogens with two attached hydrogens (primary N) is 1. The average molecular weight is 293 g/mol. The molecule has 0 aliphatic rings. The molecule has 2 heterocycles. The van der Waals surface area contributed by atoms with Gasteiger partial charge in [0, 0.05) is 16.7 Å². The second-order valence-corrected chi connectivity index (χ2v) is 5.75. The SMILES string of the molecule is NNC(Cc1cccs1)c1cc2cccc(Cl)c2o1. The van der Waals surface area contributed by atoms with Crippen LogP contribution in [0.25, 0.3) is 11.0 Å². The van der Waals surface area contributed by atoms with Gasteiger partial charge in [0.1, 0.15) is 5.76 Å². The van der Waals surface area contributed by atoms with Gasteiger partial charge in [-0.3, -0.25) is 5.84 Å². The molecule has 3 aromatic rings. The van der Waals surface area contributed by atoms with E-state index in [1.807, 2.05) is 30.3 Å². The van der Waals surface area contributed by atoms with Crippen molar-refractivity contribution < 1.29 is 4.42 Å². The van der Waals surface area contributed by atoms with Crippen LogP contribution in [0.5, 0.6) is 0 Å². The molecule has 0 fully saturated rings. The molecule has 1 unspecified atom stereocenters. The first kappa shape index (κ1) is 12.7. The van der Waals surface area contributed by atoms with Gasteiger partial charge >= 0.3 is 0 Å². The number of hydrazine groups is 1. The summed E-state index contributed by atoms with van der Waals surface area (Å²) < 4.78 is 5.83. The number of nitrogens with one attached hydrogen (secondary N) is 1. The number of fused-ring (bicyclic) bond motifs is 1. The number of halogens is 1. The van der Waals surface area contributed by atoms with Crippen molar-refractivity contribution >= 4 is 33.9 Å². The van der Waals surface area contributed by atoms with Gasteiger partial charge in [0.25, 0.3) is 0 Å². The minimum Gasteiger partial charge on any atom is -0.458 e. The third kappa shape index (κ3) is 2.53. The molecular formula is C14H13ClN2OS. The van der Waals surface area contributed by atoms with Gasteiger partial charge in [0.2, 0.25) is 0 Å². The Morgan fingerprint density at radius 2 is 2.21 bits per heavy atom. The summed E-state index contributed by atoms with van der Waals surface area (Å²) in [7, 11) is 0. The highest BCUT2D eigenvalue weighted by Gasteiger charge is 2.17. The van der Waals surface area contributed by atoms with Crippen LogP contribution < -0.4 is 11.3 Å². The molecule has 2 aromatic heterocycles. The highest BCUT2D eigenvalue weighted by Crippen LogP contribution is 2.30. The highest BCUT2D eigenvalue weighted by molar-refractivity contribution is 7.09. The lowest BCUT2D eigenvalue weighted by Crippen LogP contribution is -2.29. The number of hydrogen-bond acceptors (Lipinski definition) is 4. The molecule has 0 aliphatic carbocycles. The van der Waals surface area contributed by atoms with Gasteiger partial charge in [-0.25, -0.2) is 5.43 Å².